The number of aliphatic hydroxyl groups excluding tert-OH is 2. The first-order valence-electron chi connectivity index (χ1n) is 20.8. The molecule has 0 aromatic rings. The maximum atomic E-state index is 13.1. The van der Waals surface area contributed by atoms with Crippen LogP contribution >= 0.6 is 0 Å². The van der Waals surface area contributed by atoms with Gasteiger partial charge in [-0.2, -0.15) is 0 Å². The molecule has 9 N–H and O–H groups in total. The second-order valence-corrected chi connectivity index (χ2v) is 18.1. The van der Waals surface area contributed by atoms with Gasteiger partial charge in [0.2, 0.25) is 11.8 Å². The first-order chi connectivity index (χ1) is 27.6. The van der Waals surface area contributed by atoms with Crippen molar-refractivity contribution in [2.24, 2.45) is 46.3 Å². The van der Waals surface area contributed by atoms with Crippen molar-refractivity contribution in [3.8, 4) is 0 Å². The van der Waals surface area contributed by atoms with Crippen molar-refractivity contribution in [2.75, 3.05) is 65.4 Å². The largest absolute Gasteiger partial charge is 0.481 e. The Bertz CT molecular complexity index is 1530. The summed E-state index contributed by atoms with van der Waals surface area (Å²) in [7, 11) is 0. The number of nitrogens with zero attached hydrogens (tertiary/aromatic N) is 3. The van der Waals surface area contributed by atoms with Crippen LogP contribution in [-0.2, 0) is 33.6 Å². The highest BCUT2D eigenvalue weighted by Crippen LogP contribution is 2.68. The average Bonchev–Trinajstić information content (AvgIpc) is 3.49. The molecule has 0 spiro atoms. The van der Waals surface area contributed by atoms with E-state index in [0.717, 1.165) is 24.2 Å². The third-order valence-corrected chi connectivity index (χ3v) is 14.4. The van der Waals surface area contributed by atoms with Gasteiger partial charge in [-0.1, -0.05) is 20.8 Å². The van der Waals surface area contributed by atoms with Crippen LogP contribution in [0.15, 0.2) is 0 Å². The van der Waals surface area contributed by atoms with Crippen LogP contribution in [0.2, 0.25) is 0 Å². The standard InChI is InChI=1S/C40H65N5O14/c1-23(4-7-33(50)51)26-5-6-27-38-28(16-30(47)40(26,27)3)39(2)9-8-25(14-24(39)15-29(38)46)42-31(48)17-41-32(49)18-44(20-35(54)55)12-10-43(19-34(52)53)11-13-45(21-36(56)57)22-37(58)59/h23-30,38,46-47H,4-22H2,1-3H3,(H,41,49)(H,42,48)(H,50,51)(H,52,53)(H,54,55)(H,56,57)(H,58,59)/t23-,24+,25+,26-,27?,28?,29-,30+,38?,39+,40-/m1/s1. The molecule has 59 heavy (non-hydrogen) atoms. The van der Waals surface area contributed by atoms with Crippen LogP contribution < -0.4 is 10.6 Å². The number of aliphatic hydroxyl groups is 2. The summed E-state index contributed by atoms with van der Waals surface area (Å²) in [5.74, 6) is -6.20. The van der Waals surface area contributed by atoms with Crippen molar-refractivity contribution in [2.45, 2.75) is 96.8 Å². The Balaban J connectivity index is 1.28. The minimum absolute atomic E-state index is 0.0293. The fourth-order valence-corrected chi connectivity index (χ4v) is 11.6. The van der Waals surface area contributed by atoms with E-state index in [1.165, 1.54) is 9.80 Å². The monoisotopic (exact) mass is 839 g/mol. The van der Waals surface area contributed by atoms with Crippen LogP contribution in [-0.4, -0.2) is 176 Å². The number of nitrogens with one attached hydrogen (secondary N) is 2. The van der Waals surface area contributed by atoms with Gasteiger partial charge in [0, 0.05) is 38.6 Å². The zero-order chi connectivity index (χ0) is 43.8. The number of rotatable bonds is 23. The number of carbonyl (C=O) groups is 7. The van der Waals surface area contributed by atoms with Crippen LogP contribution in [0.4, 0.5) is 0 Å². The van der Waals surface area contributed by atoms with E-state index in [9.17, 15) is 59.1 Å². The van der Waals surface area contributed by atoms with E-state index in [1.54, 1.807) is 0 Å². The van der Waals surface area contributed by atoms with Crippen molar-refractivity contribution in [1.82, 2.24) is 25.3 Å². The fourth-order valence-electron chi connectivity index (χ4n) is 11.6. The molecular weight excluding hydrogens is 774 g/mol. The van der Waals surface area contributed by atoms with Crippen molar-refractivity contribution in [1.29, 1.82) is 0 Å². The summed E-state index contributed by atoms with van der Waals surface area (Å²) in [4.78, 5) is 86.4. The molecule has 0 aromatic carbocycles. The molecule has 0 bridgehead atoms. The summed E-state index contributed by atoms with van der Waals surface area (Å²) in [5, 5.41) is 75.4. The van der Waals surface area contributed by atoms with Crippen LogP contribution in [0.5, 0.6) is 0 Å². The van der Waals surface area contributed by atoms with Gasteiger partial charge in [-0.15, -0.1) is 0 Å². The van der Waals surface area contributed by atoms with Crippen molar-refractivity contribution >= 4 is 41.7 Å². The maximum absolute atomic E-state index is 13.1. The van der Waals surface area contributed by atoms with Gasteiger partial charge in [0.05, 0.1) is 51.5 Å². The Morgan fingerprint density at radius 1 is 0.661 bits per heavy atom. The van der Waals surface area contributed by atoms with E-state index < -0.39 is 92.0 Å². The summed E-state index contributed by atoms with van der Waals surface area (Å²) in [5.41, 5.74) is -0.555. The van der Waals surface area contributed by atoms with E-state index in [2.05, 4.69) is 31.4 Å². The molecule has 3 unspecified atom stereocenters. The lowest BCUT2D eigenvalue weighted by molar-refractivity contribution is -0.202. The zero-order valence-electron chi connectivity index (χ0n) is 34.5. The fraction of sp³-hybridized carbons (Fsp3) is 0.825. The molecule has 11 atom stereocenters. The summed E-state index contributed by atoms with van der Waals surface area (Å²) in [6, 6.07) is -0.198. The summed E-state index contributed by atoms with van der Waals surface area (Å²) in [6.07, 6.45) is 4.56. The Kier molecular flexibility index (Phi) is 16.7. The van der Waals surface area contributed by atoms with E-state index >= 15 is 0 Å². The molecule has 334 valence electrons. The highest BCUT2D eigenvalue weighted by atomic mass is 16.4. The van der Waals surface area contributed by atoms with Crippen molar-refractivity contribution in [3.05, 3.63) is 0 Å². The normalized spacial score (nSPS) is 31.8. The zero-order valence-corrected chi connectivity index (χ0v) is 34.5. The molecule has 0 heterocycles. The first-order valence-corrected chi connectivity index (χ1v) is 20.8. The second kappa shape index (κ2) is 20.6. The van der Waals surface area contributed by atoms with E-state index in [-0.39, 0.29) is 86.1 Å². The number of amides is 2. The minimum Gasteiger partial charge on any atom is -0.481 e. The van der Waals surface area contributed by atoms with Crippen molar-refractivity contribution < 1.29 is 69.3 Å². The molecule has 0 aromatic heterocycles. The van der Waals surface area contributed by atoms with Gasteiger partial charge >= 0.3 is 29.8 Å². The van der Waals surface area contributed by atoms with Gasteiger partial charge < -0.3 is 46.4 Å². The van der Waals surface area contributed by atoms with Gasteiger partial charge in [0.1, 0.15) is 0 Å². The smallest absolute Gasteiger partial charge is 0.317 e. The third kappa shape index (κ3) is 12.3. The topological polar surface area (TPSA) is 295 Å². The van der Waals surface area contributed by atoms with Gasteiger partial charge in [-0.05, 0) is 97.7 Å². The predicted molar refractivity (Wildman–Crippen MR) is 209 cm³/mol. The summed E-state index contributed by atoms with van der Waals surface area (Å²) in [6.45, 7) is 3.25. The lowest BCUT2D eigenvalue weighted by atomic mass is 9.43. The van der Waals surface area contributed by atoms with Crippen LogP contribution in [0, 0.1) is 46.3 Å². The molecule has 0 saturated heterocycles. The Labute approximate surface area is 344 Å². The number of carboxylic acids is 5. The molecule has 19 heteroatoms. The van der Waals surface area contributed by atoms with Crippen LogP contribution in [0.3, 0.4) is 0 Å². The highest BCUT2D eigenvalue weighted by Gasteiger charge is 2.65. The molecule has 4 rings (SSSR count). The molecule has 4 fully saturated rings. The van der Waals surface area contributed by atoms with Crippen LogP contribution in [0.1, 0.15) is 78.6 Å². The minimum atomic E-state index is -1.26. The number of fused-ring (bicyclic) bond motifs is 5. The van der Waals surface area contributed by atoms with E-state index in [4.69, 9.17) is 10.2 Å². The molecule has 2 amide bonds. The number of hydrogen-bond donors (Lipinski definition) is 9. The van der Waals surface area contributed by atoms with Crippen molar-refractivity contribution in [3.63, 3.8) is 0 Å². The van der Waals surface area contributed by atoms with Gasteiger partial charge in [-0.3, -0.25) is 48.3 Å². The number of hydrogen-bond acceptors (Lipinski definition) is 12. The molecule has 0 aliphatic heterocycles. The Morgan fingerprint density at radius 3 is 1.76 bits per heavy atom. The molecule has 4 aliphatic rings. The third-order valence-electron chi connectivity index (χ3n) is 14.4. The summed E-state index contributed by atoms with van der Waals surface area (Å²) >= 11 is 0. The van der Waals surface area contributed by atoms with E-state index in [0.29, 0.717) is 32.1 Å². The predicted octanol–water partition coefficient (Wildman–Crippen LogP) is -0.0668. The maximum Gasteiger partial charge on any atom is 0.317 e. The number of aliphatic carboxylic acids is 5. The lowest BCUT2D eigenvalue weighted by Crippen LogP contribution is -2.63. The van der Waals surface area contributed by atoms with Gasteiger partial charge in [-0.25, -0.2) is 0 Å². The van der Waals surface area contributed by atoms with E-state index in [1.807, 2.05) is 0 Å². The SMILES string of the molecule is C[C@H](CCC(=O)O)[C@H]1CCC2C3C(C[C@H](O)[C@@]21C)[C@@]1(C)CC[C@H](NC(=O)CNC(=O)CN(CCN(CCN(CC(=O)O)CC(=O)O)CC(=O)O)CC(=O)O)C[C@H]1C[C@H]3O. The molecule has 0 radical (unpaired) electrons. The van der Waals surface area contributed by atoms with Gasteiger partial charge in [0.15, 0.2) is 0 Å². The molecule has 19 nitrogen and oxygen atoms in total. The first kappa shape index (κ1) is 47.8. The average molecular weight is 840 g/mol. The number of carboxylic acid groups (broad SMARTS) is 5. The van der Waals surface area contributed by atoms with Crippen LogP contribution in [0.25, 0.3) is 0 Å². The molecular formula is C40H65N5O14. The Hall–Kier alpha value is -3.91. The quantitative estimate of drug-likeness (QED) is 0.0651. The molecule has 4 aliphatic carbocycles. The highest BCUT2D eigenvalue weighted by molar-refractivity contribution is 5.86. The number of carbonyl (C=O) groups excluding carboxylic acids is 2. The Morgan fingerprint density at radius 2 is 1.20 bits per heavy atom. The molecule has 4 saturated carbocycles. The summed E-state index contributed by atoms with van der Waals surface area (Å²) < 4.78 is 0. The van der Waals surface area contributed by atoms with Gasteiger partial charge in [0.25, 0.3) is 0 Å². The lowest BCUT2D eigenvalue weighted by Gasteiger charge is -2.63. The second-order valence-electron chi connectivity index (χ2n) is 18.1.